The molecule has 0 unspecified atom stereocenters. The molecule has 0 aliphatic heterocycles. The molecule has 0 aromatic heterocycles. The summed E-state index contributed by atoms with van der Waals surface area (Å²) in [7, 11) is 0. The third-order valence-electron chi connectivity index (χ3n) is 2.53. The number of rotatable bonds is 4. The molecule has 0 spiro atoms. The van der Waals surface area contributed by atoms with Crippen molar-refractivity contribution in [3.05, 3.63) is 35.6 Å². The molecule has 86 valence electrons. The molecule has 2 rings (SSSR count). The molecule has 1 aliphatic rings. The van der Waals surface area contributed by atoms with Gasteiger partial charge in [0.1, 0.15) is 5.82 Å². The second kappa shape index (κ2) is 4.96. The highest BCUT2D eigenvalue weighted by atomic mass is 19.1. The number of halogens is 1. The van der Waals surface area contributed by atoms with Crippen LogP contribution < -0.4 is 11.1 Å². The summed E-state index contributed by atoms with van der Waals surface area (Å²) in [6.45, 7) is 0.636. The van der Waals surface area contributed by atoms with Gasteiger partial charge < -0.3 is 11.1 Å². The van der Waals surface area contributed by atoms with Crippen molar-refractivity contribution in [3.8, 4) is 0 Å². The van der Waals surface area contributed by atoms with Crippen LogP contribution >= 0.6 is 0 Å². The SMILES string of the molecule is NC(=NCCc1ccc(F)cc1)NC1CC1. The Bertz CT molecular complexity index is 368. The monoisotopic (exact) mass is 221 g/mol. The Morgan fingerprint density at radius 3 is 2.69 bits per heavy atom. The van der Waals surface area contributed by atoms with Crippen LogP contribution in [0, 0.1) is 5.82 Å². The third-order valence-corrected chi connectivity index (χ3v) is 2.53. The standard InChI is InChI=1S/C12H16FN3/c13-10-3-1-9(2-4-10)7-8-15-12(14)16-11-5-6-11/h1-4,11H,5-8H2,(H3,14,15,16). The minimum Gasteiger partial charge on any atom is -0.370 e. The molecule has 1 aliphatic carbocycles. The smallest absolute Gasteiger partial charge is 0.188 e. The first-order chi connectivity index (χ1) is 7.74. The van der Waals surface area contributed by atoms with Gasteiger partial charge in [0.05, 0.1) is 0 Å². The fourth-order valence-corrected chi connectivity index (χ4v) is 1.44. The van der Waals surface area contributed by atoms with Crippen molar-refractivity contribution in [1.29, 1.82) is 0 Å². The zero-order valence-corrected chi connectivity index (χ0v) is 9.12. The lowest BCUT2D eigenvalue weighted by molar-refractivity contribution is 0.627. The molecule has 0 saturated heterocycles. The van der Waals surface area contributed by atoms with E-state index in [0.29, 0.717) is 18.5 Å². The third kappa shape index (κ3) is 3.53. The second-order valence-electron chi connectivity index (χ2n) is 4.06. The molecule has 0 atom stereocenters. The number of nitrogens with two attached hydrogens (primary N) is 1. The van der Waals surface area contributed by atoms with Crippen LogP contribution in [0.15, 0.2) is 29.3 Å². The molecule has 1 saturated carbocycles. The Morgan fingerprint density at radius 1 is 1.38 bits per heavy atom. The molecule has 0 amide bonds. The average molecular weight is 221 g/mol. The van der Waals surface area contributed by atoms with E-state index in [4.69, 9.17) is 5.73 Å². The van der Waals surface area contributed by atoms with Gasteiger partial charge in [0.25, 0.3) is 0 Å². The lowest BCUT2D eigenvalue weighted by Gasteiger charge is -2.03. The summed E-state index contributed by atoms with van der Waals surface area (Å²) in [5.74, 6) is 0.312. The van der Waals surface area contributed by atoms with Gasteiger partial charge in [0.15, 0.2) is 5.96 Å². The first-order valence-corrected chi connectivity index (χ1v) is 5.55. The predicted molar refractivity (Wildman–Crippen MR) is 62.8 cm³/mol. The van der Waals surface area contributed by atoms with Crippen LogP contribution in [0.25, 0.3) is 0 Å². The highest BCUT2D eigenvalue weighted by Gasteiger charge is 2.21. The van der Waals surface area contributed by atoms with Gasteiger partial charge in [-0.15, -0.1) is 0 Å². The lowest BCUT2D eigenvalue weighted by atomic mass is 10.1. The molecule has 0 bridgehead atoms. The van der Waals surface area contributed by atoms with E-state index in [1.54, 1.807) is 12.1 Å². The van der Waals surface area contributed by atoms with Gasteiger partial charge in [0, 0.05) is 12.6 Å². The highest BCUT2D eigenvalue weighted by Crippen LogP contribution is 2.17. The number of aliphatic imine (C=N–C) groups is 1. The number of nitrogens with one attached hydrogen (secondary N) is 1. The van der Waals surface area contributed by atoms with Crippen molar-refractivity contribution in [2.24, 2.45) is 10.7 Å². The second-order valence-corrected chi connectivity index (χ2v) is 4.06. The van der Waals surface area contributed by atoms with E-state index < -0.39 is 0 Å². The van der Waals surface area contributed by atoms with Gasteiger partial charge in [-0.1, -0.05) is 12.1 Å². The van der Waals surface area contributed by atoms with Gasteiger partial charge in [-0.25, -0.2) is 4.39 Å². The van der Waals surface area contributed by atoms with Gasteiger partial charge >= 0.3 is 0 Å². The maximum absolute atomic E-state index is 12.6. The van der Waals surface area contributed by atoms with Gasteiger partial charge in [0.2, 0.25) is 0 Å². The molecule has 0 heterocycles. The average Bonchev–Trinajstić information content (AvgIpc) is 3.05. The molecule has 16 heavy (non-hydrogen) atoms. The van der Waals surface area contributed by atoms with E-state index in [9.17, 15) is 4.39 Å². The summed E-state index contributed by atoms with van der Waals surface area (Å²) in [6, 6.07) is 7.01. The molecule has 3 nitrogen and oxygen atoms in total. The van der Waals surface area contributed by atoms with Crippen molar-refractivity contribution in [1.82, 2.24) is 5.32 Å². The van der Waals surface area contributed by atoms with Crippen molar-refractivity contribution in [2.45, 2.75) is 25.3 Å². The number of hydrogen-bond acceptors (Lipinski definition) is 1. The molecular formula is C12H16FN3. The normalized spacial score (nSPS) is 16.2. The van der Waals surface area contributed by atoms with Crippen LogP contribution in [0.3, 0.4) is 0 Å². The molecule has 4 heteroatoms. The minimum atomic E-state index is -0.206. The van der Waals surface area contributed by atoms with E-state index in [2.05, 4.69) is 10.3 Å². The van der Waals surface area contributed by atoms with Gasteiger partial charge in [-0.05, 0) is 37.0 Å². The minimum absolute atomic E-state index is 0.206. The Labute approximate surface area is 94.6 Å². The van der Waals surface area contributed by atoms with Crippen molar-refractivity contribution >= 4 is 5.96 Å². The van der Waals surface area contributed by atoms with E-state index >= 15 is 0 Å². The van der Waals surface area contributed by atoms with E-state index in [1.807, 2.05) is 0 Å². The first kappa shape index (κ1) is 10.9. The summed E-state index contributed by atoms with van der Waals surface area (Å²) >= 11 is 0. The molecule has 1 fully saturated rings. The zero-order valence-electron chi connectivity index (χ0n) is 9.12. The van der Waals surface area contributed by atoms with E-state index in [0.717, 1.165) is 12.0 Å². The van der Waals surface area contributed by atoms with Crippen molar-refractivity contribution in [3.63, 3.8) is 0 Å². The van der Waals surface area contributed by atoms with Gasteiger partial charge in [-0.2, -0.15) is 0 Å². The van der Waals surface area contributed by atoms with Crippen molar-refractivity contribution in [2.75, 3.05) is 6.54 Å². The Balaban J connectivity index is 1.75. The number of hydrogen-bond donors (Lipinski definition) is 2. The summed E-state index contributed by atoms with van der Waals surface area (Å²) in [5.41, 5.74) is 6.76. The molecule has 3 N–H and O–H groups in total. The fraction of sp³-hybridized carbons (Fsp3) is 0.417. The Hall–Kier alpha value is -1.58. The topological polar surface area (TPSA) is 50.4 Å². The maximum Gasteiger partial charge on any atom is 0.188 e. The van der Waals surface area contributed by atoms with Crippen LogP contribution in [0.2, 0.25) is 0 Å². The summed E-state index contributed by atoms with van der Waals surface area (Å²) in [4.78, 5) is 4.21. The number of guanidine groups is 1. The lowest BCUT2D eigenvalue weighted by Crippen LogP contribution is -2.33. The summed E-state index contributed by atoms with van der Waals surface area (Å²) in [5, 5.41) is 3.12. The van der Waals surface area contributed by atoms with Crippen LogP contribution in [-0.4, -0.2) is 18.5 Å². The van der Waals surface area contributed by atoms with Crippen LogP contribution in [0.5, 0.6) is 0 Å². The van der Waals surface area contributed by atoms with Crippen molar-refractivity contribution < 1.29 is 4.39 Å². The largest absolute Gasteiger partial charge is 0.370 e. The summed E-state index contributed by atoms with van der Waals surface area (Å²) in [6.07, 6.45) is 3.16. The number of nitrogens with zero attached hydrogens (tertiary/aromatic N) is 1. The van der Waals surface area contributed by atoms with E-state index in [-0.39, 0.29) is 5.82 Å². The van der Waals surface area contributed by atoms with E-state index in [1.165, 1.54) is 25.0 Å². The first-order valence-electron chi connectivity index (χ1n) is 5.55. The zero-order chi connectivity index (χ0) is 11.4. The molecule has 0 radical (unpaired) electrons. The van der Waals surface area contributed by atoms with Gasteiger partial charge in [-0.3, -0.25) is 4.99 Å². The van der Waals surface area contributed by atoms with Crippen LogP contribution in [-0.2, 0) is 6.42 Å². The predicted octanol–water partition coefficient (Wildman–Crippen LogP) is 1.43. The quantitative estimate of drug-likeness (QED) is 0.597. The molecule has 1 aromatic rings. The fourth-order valence-electron chi connectivity index (χ4n) is 1.44. The summed E-state index contributed by atoms with van der Waals surface area (Å²) < 4.78 is 12.6. The Kier molecular flexibility index (Phi) is 3.39. The maximum atomic E-state index is 12.6. The van der Waals surface area contributed by atoms with Crippen LogP contribution in [0.4, 0.5) is 4.39 Å². The molecule has 1 aromatic carbocycles. The highest BCUT2D eigenvalue weighted by molar-refractivity contribution is 5.78. The molecular weight excluding hydrogens is 205 g/mol. The number of benzene rings is 1. The Morgan fingerprint density at radius 2 is 2.06 bits per heavy atom. The van der Waals surface area contributed by atoms with Crippen LogP contribution in [0.1, 0.15) is 18.4 Å².